The van der Waals surface area contributed by atoms with Gasteiger partial charge in [0, 0.05) is 38.6 Å². The topological polar surface area (TPSA) is 39.1 Å². The minimum atomic E-state index is 0.0728. The van der Waals surface area contributed by atoms with Crippen LogP contribution in [0.15, 0.2) is 29.2 Å². The van der Waals surface area contributed by atoms with Crippen LogP contribution >= 0.6 is 11.3 Å². The molecule has 18 heavy (non-hydrogen) atoms. The highest BCUT2D eigenvalue weighted by molar-refractivity contribution is 7.07. The van der Waals surface area contributed by atoms with Gasteiger partial charge >= 0.3 is 0 Å². The maximum Gasteiger partial charge on any atom is 0.139 e. The lowest BCUT2D eigenvalue weighted by molar-refractivity contribution is 0.0893. The molecule has 1 fully saturated rings. The first-order valence-corrected chi connectivity index (χ1v) is 7.12. The number of aryl methyl sites for hydroxylation is 1. The zero-order chi connectivity index (χ0) is 12.4. The van der Waals surface area contributed by atoms with Crippen LogP contribution in [0.3, 0.4) is 0 Å². The summed E-state index contributed by atoms with van der Waals surface area (Å²) < 4.78 is 7.85. The number of rotatable bonds is 4. The van der Waals surface area contributed by atoms with Crippen molar-refractivity contribution in [2.45, 2.75) is 25.1 Å². The second-order valence-corrected chi connectivity index (χ2v) is 5.38. The van der Waals surface area contributed by atoms with Crippen molar-refractivity contribution in [2.75, 3.05) is 6.61 Å². The molecule has 5 heteroatoms. The summed E-state index contributed by atoms with van der Waals surface area (Å²) >= 11 is 1.74. The molecule has 3 heterocycles. The Bertz CT molecular complexity index is 494. The maximum atomic E-state index is 5.82. The van der Waals surface area contributed by atoms with E-state index in [4.69, 9.17) is 4.74 Å². The lowest BCUT2D eigenvalue weighted by atomic mass is 10.1. The molecular weight excluding hydrogens is 246 g/mol. The molecule has 0 radical (unpaired) electrons. The van der Waals surface area contributed by atoms with Crippen LogP contribution in [0.4, 0.5) is 0 Å². The summed E-state index contributed by atoms with van der Waals surface area (Å²) in [5, 5.41) is 7.87. The van der Waals surface area contributed by atoms with Crippen molar-refractivity contribution in [1.82, 2.24) is 14.9 Å². The molecule has 1 aliphatic heterocycles. The Morgan fingerprint density at radius 3 is 3.28 bits per heavy atom. The van der Waals surface area contributed by atoms with E-state index in [1.807, 2.05) is 24.0 Å². The number of imidazole rings is 1. The minimum Gasteiger partial charge on any atom is -0.369 e. The summed E-state index contributed by atoms with van der Waals surface area (Å²) in [6.45, 7) is 1.71. The Labute approximate surface area is 111 Å². The molecule has 1 saturated heterocycles. The molecule has 2 aromatic rings. The van der Waals surface area contributed by atoms with Gasteiger partial charge in [0.1, 0.15) is 11.9 Å². The highest BCUT2D eigenvalue weighted by atomic mass is 32.1. The van der Waals surface area contributed by atoms with Crippen LogP contribution in [-0.4, -0.2) is 22.2 Å². The summed E-state index contributed by atoms with van der Waals surface area (Å²) in [4.78, 5) is 4.39. The van der Waals surface area contributed by atoms with Gasteiger partial charge in [0.05, 0.1) is 0 Å². The first-order valence-electron chi connectivity index (χ1n) is 6.18. The summed E-state index contributed by atoms with van der Waals surface area (Å²) in [7, 11) is 2.01. The van der Waals surface area contributed by atoms with E-state index in [2.05, 4.69) is 27.1 Å². The zero-order valence-electron chi connectivity index (χ0n) is 10.4. The van der Waals surface area contributed by atoms with Crippen molar-refractivity contribution < 1.29 is 4.74 Å². The van der Waals surface area contributed by atoms with E-state index in [9.17, 15) is 0 Å². The van der Waals surface area contributed by atoms with Gasteiger partial charge in [-0.05, 0) is 28.8 Å². The average molecular weight is 263 g/mol. The summed E-state index contributed by atoms with van der Waals surface area (Å²) in [5.41, 5.74) is 1.34. The third kappa shape index (κ3) is 2.34. The first kappa shape index (κ1) is 11.9. The Balaban J connectivity index is 1.66. The number of hydrogen-bond donors (Lipinski definition) is 1. The third-order valence-electron chi connectivity index (χ3n) is 3.35. The highest BCUT2D eigenvalue weighted by Gasteiger charge is 2.31. The van der Waals surface area contributed by atoms with Crippen molar-refractivity contribution in [1.29, 1.82) is 0 Å². The van der Waals surface area contributed by atoms with Crippen molar-refractivity contribution in [3.05, 3.63) is 40.6 Å². The molecule has 0 spiro atoms. The maximum absolute atomic E-state index is 5.82. The molecule has 0 aromatic carbocycles. The van der Waals surface area contributed by atoms with Gasteiger partial charge in [-0.25, -0.2) is 4.98 Å². The molecule has 0 saturated carbocycles. The predicted molar refractivity (Wildman–Crippen MR) is 71.5 cm³/mol. The number of aromatic nitrogens is 2. The molecule has 2 atom stereocenters. The molecule has 1 N–H and O–H groups in total. The first-order chi connectivity index (χ1) is 8.84. The molecule has 0 unspecified atom stereocenters. The Morgan fingerprint density at radius 1 is 1.61 bits per heavy atom. The van der Waals surface area contributed by atoms with Gasteiger partial charge in [-0.15, -0.1) is 0 Å². The fourth-order valence-electron chi connectivity index (χ4n) is 2.35. The van der Waals surface area contributed by atoms with Crippen LogP contribution in [-0.2, 0) is 18.3 Å². The van der Waals surface area contributed by atoms with Gasteiger partial charge in [-0.3, -0.25) is 0 Å². The predicted octanol–water partition coefficient (Wildman–Crippen LogP) is 2.10. The summed E-state index contributed by atoms with van der Waals surface area (Å²) in [6.07, 6.45) is 4.91. The number of nitrogens with zero attached hydrogens (tertiary/aromatic N) is 2. The Hall–Kier alpha value is -1.17. The van der Waals surface area contributed by atoms with E-state index >= 15 is 0 Å². The monoisotopic (exact) mass is 263 g/mol. The molecule has 0 bridgehead atoms. The van der Waals surface area contributed by atoms with Gasteiger partial charge in [0.25, 0.3) is 0 Å². The minimum absolute atomic E-state index is 0.0728. The third-order valence-corrected chi connectivity index (χ3v) is 4.09. The normalized spacial score (nSPS) is 23.6. The number of ether oxygens (including phenoxy) is 1. The molecule has 0 amide bonds. The van der Waals surface area contributed by atoms with Crippen molar-refractivity contribution in [3.63, 3.8) is 0 Å². The Morgan fingerprint density at radius 2 is 2.56 bits per heavy atom. The molecule has 96 valence electrons. The van der Waals surface area contributed by atoms with E-state index in [1.165, 1.54) is 5.56 Å². The fourth-order valence-corrected chi connectivity index (χ4v) is 3.02. The molecule has 2 aromatic heterocycles. The molecule has 0 aliphatic carbocycles. The van der Waals surface area contributed by atoms with Gasteiger partial charge in [-0.2, -0.15) is 11.3 Å². The molecule has 4 nitrogen and oxygen atoms in total. The highest BCUT2D eigenvalue weighted by Crippen LogP contribution is 2.28. The second-order valence-electron chi connectivity index (χ2n) is 4.60. The Kier molecular flexibility index (Phi) is 3.45. The zero-order valence-corrected chi connectivity index (χ0v) is 11.2. The van der Waals surface area contributed by atoms with Crippen LogP contribution in [0.5, 0.6) is 0 Å². The summed E-state index contributed by atoms with van der Waals surface area (Å²) in [6, 6.07) is 2.51. The van der Waals surface area contributed by atoms with Gasteiger partial charge in [-0.1, -0.05) is 0 Å². The average Bonchev–Trinajstić information content (AvgIpc) is 3.06. The van der Waals surface area contributed by atoms with Crippen LogP contribution < -0.4 is 5.32 Å². The van der Waals surface area contributed by atoms with Crippen LogP contribution in [0.1, 0.15) is 23.9 Å². The van der Waals surface area contributed by atoms with E-state index in [-0.39, 0.29) is 6.10 Å². The fraction of sp³-hybridized carbons (Fsp3) is 0.462. The number of hydrogen-bond acceptors (Lipinski definition) is 4. The smallest absolute Gasteiger partial charge is 0.139 e. The summed E-state index contributed by atoms with van der Waals surface area (Å²) in [5.74, 6) is 1.01. The largest absolute Gasteiger partial charge is 0.369 e. The molecular formula is C13H17N3OS. The van der Waals surface area contributed by atoms with E-state index in [0.29, 0.717) is 6.04 Å². The van der Waals surface area contributed by atoms with Gasteiger partial charge in [0.15, 0.2) is 0 Å². The van der Waals surface area contributed by atoms with Crippen molar-refractivity contribution >= 4 is 11.3 Å². The van der Waals surface area contributed by atoms with Crippen LogP contribution in [0, 0.1) is 0 Å². The second kappa shape index (κ2) is 5.22. The van der Waals surface area contributed by atoms with Crippen molar-refractivity contribution in [3.8, 4) is 0 Å². The molecule has 3 rings (SSSR count). The number of nitrogens with one attached hydrogen (secondary N) is 1. The molecule has 1 aliphatic rings. The standard InChI is InChI=1S/C13H17N3OS/c1-16-5-4-14-13(16)12-11(2-6-17-12)15-8-10-3-7-18-9-10/h3-5,7,9,11-12,15H,2,6,8H2,1H3/t11-,12-/m0/s1. The lowest BCUT2D eigenvalue weighted by Crippen LogP contribution is -2.32. The van der Waals surface area contributed by atoms with E-state index < -0.39 is 0 Å². The van der Waals surface area contributed by atoms with Gasteiger partial charge < -0.3 is 14.6 Å². The van der Waals surface area contributed by atoms with Gasteiger partial charge in [0.2, 0.25) is 0 Å². The van der Waals surface area contributed by atoms with Crippen molar-refractivity contribution in [2.24, 2.45) is 7.05 Å². The van der Waals surface area contributed by atoms with Crippen LogP contribution in [0.25, 0.3) is 0 Å². The SMILES string of the molecule is Cn1ccnc1[C@H]1OCC[C@@H]1NCc1ccsc1. The van der Waals surface area contributed by atoms with Crippen LogP contribution in [0.2, 0.25) is 0 Å². The lowest BCUT2D eigenvalue weighted by Gasteiger charge is -2.19. The van der Waals surface area contributed by atoms with E-state index in [0.717, 1.165) is 25.4 Å². The number of thiophene rings is 1. The quantitative estimate of drug-likeness (QED) is 0.918. The van der Waals surface area contributed by atoms with E-state index in [1.54, 1.807) is 11.3 Å².